The number of carbonyl (C=O) groups excluding carboxylic acids is 1. The largest absolute Gasteiger partial charge is 0.352 e. The Balaban J connectivity index is 1.83. The lowest BCUT2D eigenvalue weighted by Crippen LogP contribution is -2.28. The zero-order valence-corrected chi connectivity index (χ0v) is 17.3. The van der Waals surface area contributed by atoms with Crippen LogP contribution < -0.4 is 5.32 Å². The van der Waals surface area contributed by atoms with Crippen LogP contribution >= 0.6 is 0 Å². The average molecular weight is 428 g/mol. The lowest BCUT2D eigenvalue weighted by molar-refractivity contribution is -0.116. The van der Waals surface area contributed by atoms with Crippen molar-refractivity contribution in [1.29, 1.82) is 0 Å². The minimum Gasteiger partial charge on any atom is -0.352 e. The number of hydrogen-bond acceptors (Lipinski definition) is 4. The molecule has 6 nitrogen and oxygen atoms in total. The standard InChI is InChI=1S/C22H22FN3O3S/c1-2-30(28,29)15-14-24-21(27)13-10-18-16-26(20-6-4-3-5-7-20)25-22(18)17-8-11-19(23)12-9-17/h3-13,16H,2,14-15H2,1H3,(H,24,27)/b13-10+. The fraction of sp³-hybridized carbons (Fsp3) is 0.182. The molecular weight excluding hydrogens is 405 g/mol. The van der Waals surface area contributed by atoms with Gasteiger partial charge in [-0.3, -0.25) is 4.79 Å². The first-order valence-electron chi connectivity index (χ1n) is 9.45. The number of aromatic nitrogens is 2. The van der Waals surface area contributed by atoms with Crippen molar-refractivity contribution in [3.63, 3.8) is 0 Å². The maximum Gasteiger partial charge on any atom is 0.244 e. The van der Waals surface area contributed by atoms with Crippen molar-refractivity contribution >= 4 is 21.8 Å². The molecule has 1 amide bonds. The smallest absolute Gasteiger partial charge is 0.244 e. The molecule has 0 spiro atoms. The van der Waals surface area contributed by atoms with Gasteiger partial charge in [0.25, 0.3) is 0 Å². The van der Waals surface area contributed by atoms with Crippen LogP contribution in [0.4, 0.5) is 4.39 Å². The Hall–Kier alpha value is -3.26. The summed E-state index contributed by atoms with van der Waals surface area (Å²) in [7, 11) is -3.14. The van der Waals surface area contributed by atoms with Crippen molar-refractivity contribution in [2.24, 2.45) is 0 Å². The third-order valence-electron chi connectivity index (χ3n) is 4.45. The van der Waals surface area contributed by atoms with E-state index >= 15 is 0 Å². The van der Waals surface area contributed by atoms with E-state index in [1.165, 1.54) is 18.2 Å². The van der Waals surface area contributed by atoms with Crippen LogP contribution in [0, 0.1) is 5.82 Å². The minimum absolute atomic E-state index is 0.0401. The van der Waals surface area contributed by atoms with Crippen LogP contribution in [0.25, 0.3) is 23.0 Å². The predicted octanol–water partition coefficient (Wildman–Crippen LogP) is 3.24. The number of halogens is 1. The van der Waals surface area contributed by atoms with Crippen LogP contribution in [0.1, 0.15) is 12.5 Å². The van der Waals surface area contributed by atoms with E-state index < -0.39 is 15.7 Å². The van der Waals surface area contributed by atoms with Gasteiger partial charge in [0.15, 0.2) is 9.84 Å². The molecular formula is C22H22FN3O3S. The molecule has 1 aromatic heterocycles. The zero-order valence-electron chi connectivity index (χ0n) is 16.5. The molecule has 0 unspecified atom stereocenters. The number of rotatable bonds is 8. The van der Waals surface area contributed by atoms with Crippen molar-refractivity contribution in [3.8, 4) is 16.9 Å². The van der Waals surface area contributed by atoms with Crippen LogP contribution in [0.5, 0.6) is 0 Å². The summed E-state index contributed by atoms with van der Waals surface area (Å²) in [5.74, 6) is -0.813. The Morgan fingerprint density at radius 1 is 1.13 bits per heavy atom. The molecule has 0 saturated carbocycles. The quantitative estimate of drug-likeness (QED) is 0.560. The molecule has 0 aliphatic carbocycles. The van der Waals surface area contributed by atoms with Crippen LogP contribution in [0.15, 0.2) is 66.9 Å². The highest BCUT2D eigenvalue weighted by atomic mass is 32.2. The summed E-state index contributed by atoms with van der Waals surface area (Å²) >= 11 is 0. The second-order valence-corrected chi connectivity index (χ2v) is 9.05. The number of para-hydroxylation sites is 1. The summed E-state index contributed by atoms with van der Waals surface area (Å²) in [6.45, 7) is 1.62. The monoisotopic (exact) mass is 427 g/mol. The minimum atomic E-state index is -3.14. The van der Waals surface area contributed by atoms with Gasteiger partial charge in [-0.1, -0.05) is 25.1 Å². The Morgan fingerprint density at radius 3 is 2.50 bits per heavy atom. The zero-order chi connectivity index (χ0) is 21.6. The van der Waals surface area contributed by atoms with E-state index in [-0.39, 0.29) is 23.9 Å². The molecule has 3 aromatic rings. The van der Waals surface area contributed by atoms with Crippen LogP contribution in [0.2, 0.25) is 0 Å². The number of nitrogens with one attached hydrogen (secondary N) is 1. The summed E-state index contributed by atoms with van der Waals surface area (Å²) in [5.41, 5.74) is 2.81. The van der Waals surface area contributed by atoms with Crippen molar-refractivity contribution in [3.05, 3.63) is 78.3 Å². The first-order chi connectivity index (χ1) is 14.4. The van der Waals surface area contributed by atoms with Gasteiger partial charge in [0.2, 0.25) is 5.91 Å². The third-order valence-corrected chi connectivity index (χ3v) is 6.15. The van der Waals surface area contributed by atoms with Crippen molar-refractivity contribution in [2.75, 3.05) is 18.1 Å². The summed E-state index contributed by atoms with van der Waals surface area (Å²) in [6.07, 6.45) is 4.71. The van der Waals surface area contributed by atoms with Gasteiger partial charge in [-0.2, -0.15) is 5.10 Å². The van der Waals surface area contributed by atoms with E-state index in [9.17, 15) is 17.6 Å². The van der Waals surface area contributed by atoms with Crippen molar-refractivity contribution in [1.82, 2.24) is 15.1 Å². The second kappa shape index (κ2) is 9.49. The van der Waals surface area contributed by atoms with E-state index in [1.54, 1.807) is 36.0 Å². The van der Waals surface area contributed by atoms with E-state index in [2.05, 4.69) is 10.4 Å². The fourth-order valence-electron chi connectivity index (χ4n) is 2.75. The van der Waals surface area contributed by atoms with Gasteiger partial charge < -0.3 is 5.32 Å². The lowest BCUT2D eigenvalue weighted by atomic mass is 10.1. The van der Waals surface area contributed by atoms with Gasteiger partial charge in [-0.15, -0.1) is 0 Å². The SMILES string of the molecule is CCS(=O)(=O)CCNC(=O)/C=C/c1cn(-c2ccccc2)nc1-c1ccc(F)cc1. The van der Waals surface area contributed by atoms with Gasteiger partial charge >= 0.3 is 0 Å². The summed E-state index contributed by atoms with van der Waals surface area (Å²) in [5, 5.41) is 7.16. The Bertz CT molecular complexity index is 1140. The average Bonchev–Trinajstić information content (AvgIpc) is 3.17. The van der Waals surface area contributed by atoms with Gasteiger partial charge in [0.05, 0.1) is 17.1 Å². The van der Waals surface area contributed by atoms with Gasteiger partial charge in [0.1, 0.15) is 5.82 Å². The van der Waals surface area contributed by atoms with E-state index in [1.807, 2.05) is 30.3 Å². The molecule has 156 valence electrons. The van der Waals surface area contributed by atoms with E-state index in [4.69, 9.17) is 0 Å². The van der Waals surface area contributed by atoms with Crippen LogP contribution in [-0.2, 0) is 14.6 Å². The molecule has 2 aromatic carbocycles. The molecule has 1 N–H and O–H groups in total. The number of hydrogen-bond donors (Lipinski definition) is 1. The molecule has 30 heavy (non-hydrogen) atoms. The fourth-order valence-corrected chi connectivity index (χ4v) is 3.45. The van der Waals surface area contributed by atoms with Crippen molar-refractivity contribution < 1.29 is 17.6 Å². The number of amides is 1. The molecule has 0 aliphatic rings. The van der Waals surface area contributed by atoms with Crippen molar-refractivity contribution in [2.45, 2.75) is 6.92 Å². The highest BCUT2D eigenvalue weighted by Gasteiger charge is 2.12. The normalized spacial score (nSPS) is 11.7. The molecule has 1 heterocycles. The Labute approximate surface area is 175 Å². The van der Waals surface area contributed by atoms with E-state index in [0.717, 1.165) is 5.69 Å². The van der Waals surface area contributed by atoms with Gasteiger partial charge in [-0.05, 0) is 42.5 Å². The van der Waals surface area contributed by atoms with Gasteiger partial charge in [0, 0.05) is 35.7 Å². The maximum atomic E-state index is 13.3. The molecule has 0 bridgehead atoms. The topological polar surface area (TPSA) is 81.1 Å². The highest BCUT2D eigenvalue weighted by Crippen LogP contribution is 2.25. The number of sulfone groups is 1. The van der Waals surface area contributed by atoms with Crippen LogP contribution in [-0.4, -0.2) is 42.2 Å². The predicted molar refractivity (Wildman–Crippen MR) is 115 cm³/mol. The summed E-state index contributed by atoms with van der Waals surface area (Å²) in [4.78, 5) is 12.1. The maximum absolute atomic E-state index is 13.3. The van der Waals surface area contributed by atoms with Crippen LogP contribution in [0.3, 0.4) is 0 Å². The molecule has 0 radical (unpaired) electrons. The first kappa shape index (κ1) is 21.4. The number of carbonyl (C=O) groups is 1. The van der Waals surface area contributed by atoms with E-state index in [0.29, 0.717) is 16.8 Å². The molecule has 0 saturated heterocycles. The highest BCUT2D eigenvalue weighted by molar-refractivity contribution is 7.91. The van der Waals surface area contributed by atoms with Gasteiger partial charge in [-0.25, -0.2) is 17.5 Å². The number of benzene rings is 2. The molecule has 8 heteroatoms. The third kappa shape index (κ3) is 5.64. The first-order valence-corrected chi connectivity index (χ1v) is 11.3. The second-order valence-electron chi connectivity index (χ2n) is 6.58. The Morgan fingerprint density at radius 2 is 1.83 bits per heavy atom. The molecule has 3 rings (SSSR count). The molecule has 0 fully saturated rings. The molecule has 0 aliphatic heterocycles. The summed E-state index contributed by atoms with van der Waals surface area (Å²) < 4.78 is 38.0. The molecule has 0 atom stereocenters. The Kier molecular flexibility index (Phi) is 6.79. The number of nitrogens with zero attached hydrogens (tertiary/aromatic N) is 2. The lowest BCUT2D eigenvalue weighted by Gasteiger charge is -2.02. The summed E-state index contributed by atoms with van der Waals surface area (Å²) in [6, 6.07) is 15.4.